The zero-order chi connectivity index (χ0) is 21.0. The fraction of sp³-hybridized carbons (Fsp3) is 0.318. The second-order valence-electron chi connectivity index (χ2n) is 6.78. The molecular weight excluding hydrogens is 403 g/mol. The lowest BCUT2D eigenvalue weighted by atomic mass is 9.71. The normalized spacial score (nSPS) is 14.2. The van der Waals surface area contributed by atoms with Crippen molar-refractivity contribution in [1.82, 2.24) is 0 Å². The summed E-state index contributed by atoms with van der Waals surface area (Å²) in [5.74, 6) is -2.63. The van der Waals surface area contributed by atoms with E-state index in [2.05, 4.69) is 11.9 Å². The molecule has 28 heavy (non-hydrogen) atoms. The van der Waals surface area contributed by atoms with Gasteiger partial charge < -0.3 is 5.32 Å². The number of rotatable bonds is 8. The topological polar surface area (TPSA) is 29.1 Å². The molecule has 0 aliphatic carbocycles. The Balaban J connectivity index is 2.73. The number of ketones is 1. The van der Waals surface area contributed by atoms with E-state index < -0.39 is 23.5 Å². The van der Waals surface area contributed by atoms with E-state index in [0.29, 0.717) is 23.2 Å². The molecule has 2 nitrogen and oxygen atoms in total. The summed E-state index contributed by atoms with van der Waals surface area (Å²) < 4.78 is 29.2. The van der Waals surface area contributed by atoms with Gasteiger partial charge >= 0.3 is 0 Å². The molecule has 0 fully saturated rings. The molecule has 0 radical (unpaired) electrons. The largest absolute Gasteiger partial charge is 0.362 e. The molecule has 2 rings (SSSR count). The predicted octanol–water partition coefficient (Wildman–Crippen LogP) is 7.33. The van der Waals surface area contributed by atoms with Crippen molar-refractivity contribution < 1.29 is 13.6 Å². The van der Waals surface area contributed by atoms with Gasteiger partial charge in [0.05, 0.1) is 10.0 Å². The van der Waals surface area contributed by atoms with Crippen LogP contribution in [0.25, 0.3) is 0 Å². The third-order valence-electron chi connectivity index (χ3n) is 5.14. The SMILES string of the molecule is C=CNc1cc(Cl)c(F)cc1[C@H](CC)[C@@H](c1cccc(Cl)c1F)[C@@H](C)C(C)=O. The van der Waals surface area contributed by atoms with E-state index in [0.717, 1.165) is 0 Å². The Bertz CT molecular complexity index is 885. The Morgan fingerprint density at radius 2 is 1.89 bits per heavy atom. The van der Waals surface area contributed by atoms with E-state index in [4.69, 9.17) is 23.2 Å². The van der Waals surface area contributed by atoms with Gasteiger partial charge in [-0.25, -0.2) is 8.78 Å². The molecule has 1 N–H and O–H groups in total. The van der Waals surface area contributed by atoms with Gasteiger partial charge in [-0.2, -0.15) is 0 Å². The van der Waals surface area contributed by atoms with Gasteiger partial charge in [-0.15, -0.1) is 0 Å². The molecule has 0 spiro atoms. The van der Waals surface area contributed by atoms with E-state index in [-0.39, 0.29) is 21.7 Å². The highest BCUT2D eigenvalue weighted by Crippen LogP contribution is 2.46. The molecule has 6 heteroatoms. The molecule has 150 valence electrons. The van der Waals surface area contributed by atoms with Gasteiger partial charge in [-0.1, -0.05) is 55.8 Å². The second-order valence-corrected chi connectivity index (χ2v) is 7.60. The fourth-order valence-electron chi connectivity index (χ4n) is 3.64. The number of hydrogen-bond donors (Lipinski definition) is 1. The molecule has 3 atom stereocenters. The molecule has 2 aromatic carbocycles. The summed E-state index contributed by atoms with van der Waals surface area (Å²) in [5.41, 5.74) is 1.50. The van der Waals surface area contributed by atoms with Gasteiger partial charge in [0, 0.05) is 17.5 Å². The van der Waals surface area contributed by atoms with Crippen molar-refractivity contribution in [1.29, 1.82) is 0 Å². The summed E-state index contributed by atoms with van der Waals surface area (Å²) in [4.78, 5) is 12.3. The summed E-state index contributed by atoms with van der Waals surface area (Å²) in [7, 11) is 0. The summed E-state index contributed by atoms with van der Waals surface area (Å²) in [6, 6.07) is 7.55. The molecule has 0 heterocycles. The number of Topliss-reactive ketones (excluding diaryl/α,β-unsaturated/α-hetero) is 1. The molecule has 0 saturated heterocycles. The molecule has 0 saturated carbocycles. The molecule has 0 aromatic heterocycles. The van der Waals surface area contributed by atoms with E-state index in [1.807, 2.05) is 6.92 Å². The highest BCUT2D eigenvalue weighted by Gasteiger charge is 2.34. The average molecular weight is 426 g/mol. The highest BCUT2D eigenvalue weighted by atomic mass is 35.5. The van der Waals surface area contributed by atoms with Crippen LogP contribution in [0.2, 0.25) is 10.0 Å². The van der Waals surface area contributed by atoms with Crippen LogP contribution in [0.5, 0.6) is 0 Å². The Kier molecular flexibility index (Phi) is 7.62. The first-order valence-corrected chi connectivity index (χ1v) is 9.79. The zero-order valence-corrected chi connectivity index (χ0v) is 17.5. The Labute approximate surface area is 174 Å². The lowest BCUT2D eigenvalue weighted by molar-refractivity contribution is -0.121. The van der Waals surface area contributed by atoms with Gasteiger partial charge in [0.15, 0.2) is 0 Å². The van der Waals surface area contributed by atoms with E-state index >= 15 is 0 Å². The smallest absolute Gasteiger partial charge is 0.145 e. The Morgan fingerprint density at radius 3 is 2.46 bits per heavy atom. The van der Waals surface area contributed by atoms with Crippen molar-refractivity contribution >= 4 is 34.7 Å². The standard InChI is InChI=1S/C22H23Cl2F2NO/c1-5-14(16-10-19(25)18(24)11-20(16)27-6-2)21(12(3)13(4)28)15-8-7-9-17(23)22(15)26/h6-12,14,21,27H,2,5H2,1,3-4H3/t12-,14-,21-/m0/s1. The van der Waals surface area contributed by atoms with Crippen molar-refractivity contribution in [3.05, 3.63) is 75.9 Å². The minimum absolute atomic E-state index is 0.0140. The number of nitrogens with one attached hydrogen (secondary N) is 1. The zero-order valence-electron chi connectivity index (χ0n) is 16.0. The molecular formula is C22H23Cl2F2NO. The lowest BCUT2D eigenvalue weighted by Gasteiger charge is -2.33. The molecule has 0 aliphatic rings. The van der Waals surface area contributed by atoms with Crippen molar-refractivity contribution in [3.63, 3.8) is 0 Å². The Morgan fingerprint density at radius 1 is 1.21 bits per heavy atom. The minimum atomic E-state index is -0.578. The van der Waals surface area contributed by atoms with Crippen molar-refractivity contribution in [2.24, 2.45) is 5.92 Å². The molecule has 0 bridgehead atoms. The van der Waals surface area contributed by atoms with Gasteiger partial charge in [0.1, 0.15) is 17.4 Å². The Hall–Kier alpha value is -1.91. The summed E-state index contributed by atoms with van der Waals surface area (Å²) in [6.45, 7) is 8.78. The highest BCUT2D eigenvalue weighted by molar-refractivity contribution is 6.31. The maximum atomic E-state index is 14.9. The molecule has 0 amide bonds. The van der Waals surface area contributed by atoms with E-state index in [1.165, 1.54) is 31.3 Å². The number of hydrogen-bond acceptors (Lipinski definition) is 2. The minimum Gasteiger partial charge on any atom is -0.362 e. The van der Waals surface area contributed by atoms with Crippen molar-refractivity contribution in [2.45, 2.75) is 39.0 Å². The monoisotopic (exact) mass is 425 g/mol. The van der Waals surface area contributed by atoms with Crippen LogP contribution in [0.3, 0.4) is 0 Å². The van der Waals surface area contributed by atoms with Gasteiger partial charge in [0.2, 0.25) is 0 Å². The number of carbonyl (C=O) groups excluding carboxylic acids is 1. The molecule has 0 unspecified atom stereocenters. The first kappa shape index (κ1) is 22.4. The lowest BCUT2D eigenvalue weighted by Crippen LogP contribution is -2.25. The van der Waals surface area contributed by atoms with Crippen LogP contribution in [0, 0.1) is 17.6 Å². The van der Waals surface area contributed by atoms with E-state index in [9.17, 15) is 13.6 Å². The van der Waals surface area contributed by atoms with Crippen LogP contribution in [-0.2, 0) is 4.79 Å². The predicted molar refractivity (Wildman–Crippen MR) is 112 cm³/mol. The molecule has 0 aliphatic heterocycles. The average Bonchev–Trinajstić information content (AvgIpc) is 2.65. The van der Waals surface area contributed by atoms with Gasteiger partial charge in [-0.3, -0.25) is 4.79 Å². The van der Waals surface area contributed by atoms with Gasteiger partial charge in [0.25, 0.3) is 0 Å². The van der Waals surface area contributed by atoms with Crippen LogP contribution in [-0.4, -0.2) is 5.78 Å². The van der Waals surface area contributed by atoms with Gasteiger partial charge in [-0.05, 0) is 54.8 Å². The summed E-state index contributed by atoms with van der Waals surface area (Å²) in [5, 5.41) is 2.92. The van der Waals surface area contributed by atoms with Crippen LogP contribution < -0.4 is 5.32 Å². The number of halogens is 4. The quantitative estimate of drug-likeness (QED) is 0.479. The van der Waals surface area contributed by atoms with Crippen LogP contribution in [0.4, 0.5) is 14.5 Å². The summed E-state index contributed by atoms with van der Waals surface area (Å²) in [6.07, 6.45) is 2.00. The number of carbonyl (C=O) groups is 1. The maximum Gasteiger partial charge on any atom is 0.145 e. The first-order valence-electron chi connectivity index (χ1n) is 9.03. The fourth-order valence-corrected chi connectivity index (χ4v) is 3.98. The number of anilines is 1. The second kappa shape index (κ2) is 9.53. The van der Waals surface area contributed by atoms with Crippen LogP contribution in [0.1, 0.15) is 50.2 Å². The molecule has 2 aromatic rings. The first-order chi connectivity index (χ1) is 13.2. The maximum absolute atomic E-state index is 14.9. The van der Waals surface area contributed by atoms with E-state index in [1.54, 1.807) is 19.1 Å². The van der Waals surface area contributed by atoms with Crippen LogP contribution >= 0.6 is 23.2 Å². The summed E-state index contributed by atoms with van der Waals surface area (Å²) >= 11 is 11.9. The van der Waals surface area contributed by atoms with Crippen molar-refractivity contribution in [2.75, 3.05) is 5.32 Å². The van der Waals surface area contributed by atoms with Crippen LogP contribution in [0.15, 0.2) is 43.1 Å². The third kappa shape index (κ3) is 4.56. The number of benzene rings is 2. The third-order valence-corrected chi connectivity index (χ3v) is 5.72. The van der Waals surface area contributed by atoms with Crippen molar-refractivity contribution in [3.8, 4) is 0 Å².